The Morgan fingerprint density at radius 2 is 1.43 bits per heavy atom. The van der Waals surface area contributed by atoms with Gasteiger partial charge >= 0.3 is 17.9 Å². The number of benzene rings is 3. The molecule has 0 spiro atoms. The minimum Gasteiger partial charge on any atom is -0.481 e. The lowest BCUT2D eigenvalue weighted by molar-refractivity contribution is -0.191. The molecule has 3 aliphatic rings. The lowest BCUT2D eigenvalue weighted by atomic mass is 9.85. The molecule has 0 bridgehead atoms. The number of nitrogens with zero attached hydrogens (tertiary/aromatic N) is 4. The maximum absolute atomic E-state index is 14.5. The summed E-state index contributed by atoms with van der Waals surface area (Å²) in [4.78, 5) is 165. The molecule has 0 aliphatic carbocycles. The summed E-state index contributed by atoms with van der Waals surface area (Å²) in [6, 6.07) is 17.1. The highest BCUT2D eigenvalue weighted by atomic mass is 35.5. The molecule has 6 atom stereocenters. The summed E-state index contributed by atoms with van der Waals surface area (Å²) >= 11 is 0. The minimum atomic E-state index is -2.09. The third-order valence-corrected chi connectivity index (χ3v) is 15.7. The smallest absolute Gasteiger partial charge is 0.355 e. The standard InChI is InChI=1S/C65H77N13O15.ClH/c1-7-65(43-28-49-55-41(33-78(49)60(88)42(43)34-91-62(65)90)40(31-71-93-64(4,5)6)39-16-11-12-17-44(39)73-55)92-61(89)54(35(2)3)77-51(80)24-23-50(79)69-30-38-21-19-37(20-22-38)27-47-58(86)75-46(26-36-14-9-8-10-15-36)59(87)76-48(29-53(82)83)56(84)70-32-52(81)72-45(57(85)74-47)18-13-25-68-63(66)67;/h8-12,14-17,19-22,28,31,35,45-48,54H,7,13,18,23-27,29-30,32-34H2,1-6H3,(H,69,79)(H,70,84)(H,72,81)(H,74,85)(H,75,86)(H,76,87)(H,77,80)(H,82,83)(H4,66,67,68);1H/b71-31+;/t45-,46+,47-,48-,54-,65-;/m0./s1. The number of ether oxygens (including phenoxy) is 2. The van der Waals surface area contributed by atoms with Gasteiger partial charge in [0.15, 0.2) is 5.96 Å². The predicted molar refractivity (Wildman–Crippen MR) is 345 cm³/mol. The van der Waals surface area contributed by atoms with Gasteiger partial charge in [0.2, 0.25) is 47.0 Å². The number of carbonyl (C=O) groups is 10. The summed E-state index contributed by atoms with van der Waals surface area (Å²) < 4.78 is 13.3. The van der Waals surface area contributed by atoms with Gasteiger partial charge in [0.1, 0.15) is 42.4 Å². The first kappa shape index (κ1) is 71.2. The van der Waals surface area contributed by atoms with Gasteiger partial charge in [0.05, 0.1) is 48.2 Å². The Kier molecular flexibility index (Phi) is 23.8. The van der Waals surface area contributed by atoms with Crippen LogP contribution in [0.3, 0.4) is 0 Å². The van der Waals surface area contributed by atoms with Crippen LogP contribution in [0.25, 0.3) is 22.3 Å². The van der Waals surface area contributed by atoms with E-state index in [4.69, 9.17) is 30.8 Å². The van der Waals surface area contributed by atoms with Gasteiger partial charge in [-0.2, -0.15) is 0 Å². The Labute approximate surface area is 546 Å². The number of aromatic nitrogens is 2. The van der Waals surface area contributed by atoms with Gasteiger partial charge in [-0.05, 0) is 74.8 Å². The Morgan fingerprint density at radius 3 is 2.06 bits per heavy atom. The number of rotatable bonds is 22. The van der Waals surface area contributed by atoms with E-state index < -0.39 is 125 Å². The number of nitrogens with two attached hydrogens (primary N) is 2. The van der Waals surface area contributed by atoms with Crippen molar-refractivity contribution >= 4 is 94.7 Å². The van der Waals surface area contributed by atoms with Crippen LogP contribution in [0.2, 0.25) is 0 Å². The molecule has 7 amide bonds. The van der Waals surface area contributed by atoms with E-state index in [9.17, 15) is 57.8 Å². The van der Waals surface area contributed by atoms with E-state index in [2.05, 4.69) is 47.4 Å². The summed E-state index contributed by atoms with van der Waals surface area (Å²) in [5.74, 6) is -9.73. The van der Waals surface area contributed by atoms with Gasteiger partial charge in [-0.1, -0.05) is 98.7 Å². The molecule has 3 aromatic carbocycles. The van der Waals surface area contributed by atoms with Crippen LogP contribution in [-0.2, 0) is 100 Å². The second-order valence-corrected chi connectivity index (χ2v) is 24.1. The zero-order chi connectivity index (χ0) is 67.3. The largest absolute Gasteiger partial charge is 0.481 e. The molecule has 29 heteroatoms. The van der Waals surface area contributed by atoms with Crippen molar-refractivity contribution in [2.75, 3.05) is 13.1 Å². The number of nitrogens with one attached hydrogen (secondary N) is 7. The van der Waals surface area contributed by atoms with Crippen molar-refractivity contribution in [3.8, 4) is 11.4 Å². The molecule has 28 nitrogen and oxygen atoms in total. The van der Waals surface area contributed by atoms with Crippen molar-refractivity contribution in [1.29, 1.82) is 0 Å². The molecule has 3 aliphatic heterocycles. The number of carboxylic acid groups (broad SMARTS) is 1. The molecular formula is C65H78ClN13O15. The number of oxime groups is 1. The zero-order valence-electron chi connectivity index (χ0n) is 52.8. The number of carbonyl (C=O) groups excluding carboxylic acids is 9. The third kappa shape index (κ3) is 17.9. The molecule has 94 heavy (non-hydrogen) atoms. The summed E-state index contributed by atoms with van der Waals surface area (Å²) in [7, 11) is 0. The Hall–Kier alpha value is -10.3. The number of hydrogen-bond donors (Lipinski definition) is 10. The molecule has 0 radical (unpaired) electrons. The number of amides is 7. The molecule has 8 rings (SSSR count). The van der Waals surface area contributed by atoms with Crippen LogP contribution in [0, 0.1) is 5.92 Å². The fourth-order valence-electron chi connectivity index (χ4n) is 10.9. The Balaban J connectivity index is 0.0000125. The average Bonchev–Trinajstić information content (AvgIpc) is 1.47. The fourth-order valence-corrected chi connectivity index (χ4v) is 10.9. The number of pyridine rings is 2. The van der Waals surface area contributed by atoms with Gasteiger partial charge in [-0.15, -0.1) is 12.4 Å². The number of halogens is 1. The van der Waals surface area contributed by atoms with E-state index in [0.717, 1.165) is 5.39 Å². The van der Waals surface area contributed by atoms with E-state index >= 15 is 0 Å². The van der Waals surface area contributed by atoms with Gasteiger partial charge < -0.3 is 72.7 Å². The number of hydrogen-bond acceptors (Lipinski definition) is 17. The molecule has 0 unspecified atom stereocenters. The first-order chi connectivity index (χ1) is 44.2. The number of aliphatic imine (C=N–C) groups is 1. The van der Waals surface area contributed by atoms with Crippen LogP contribution < -0.4 is 54.2 Å². The lowest BCUT2D eigenvalue weighted by Gasteiger charge is -2.37. The zero-order valence-corrected chi connectivity index (χ0v) is 53.6. The predicted octanol–water partition coefficient (Wildman–Crippen LogP) is 1.82. The van der Waals surface area contributed by atoms with Crippen LogP contribution in [-0.4, -0.2) is 135 Å². The molecule has 2 aromatic heterocycles. The highest BCUT2D eigenvalue weighted by molar-refractivity contribution is 6.03. The number of guanidine groups is 1. The van der Waals surface area contributed by atoms with Gasteiger partial charge in [0, 0.05) is 60.8 Å². The van der Waals surface area contributed by atoms with Crippen molar-refractivity contribution in [2.45, 2.75) is 154 Å². The maximum atomic E-state index is 14.5. The summed E-state index contributed by atoms with van der Waals surface area (Å²) in [6.45, 7) is 9.62. The molecule has 1 saturated heterocycles. The molecule has 0 saturated carbocycles. The first-order valence-corrected chi connectivity index (χ1v) is 30.5. The molecular weight excluding hydrogens is 1240 g/mol. The quantitative estimate of drug-likeness (QED) is 0.0152. The van der Waals surface area contributed by atoms with Crippen LogP contribution >= 0.6 is 12.4 Å². The number of carboxylic acids is 1. The second-order valence-electron chi connectivity index (χ2n) is 24.1. The molecule has 500 valence electrons. The van der Waals surface area contributed by atoms with Crippen molar-refractivity contribution in [2.24, 2.45) is 27.5 Å². The second kappa shape index (κ2) is 31.4. The van der Waals surface area contributed by atoms with Crippen LogP contribution in [0.5, 0.6) is 0 Å². The van der Waals surface area contributed by atoms with Crippen molar-refractivity contribution in [3.63, 3.8) is 0 Å². The highest BCUT2D eigenvalue weighted by Gasteiger charge is 2.52. The molecule has 5 heterocycles. The van der Waals surface area contributed by atoms with E-state index in [-0.39, 0.29) is 101 Å². The third-order valence-electron chi connectivity index (χ3n) is 15.7. The normalized spacial score (nSPS) is 19.4. The van der Waals surface area contributed by atoms with Crippen molar-refractivity contribution < 1.29 is 67.4 Å². The average molecular weight is 1320 g/mol. The Bertz CT molecular complexity index is 3830. The Morgan fingerprint density at radius 1 is 0.809 bits per heavy atom. The number of fused-ring (bicyclic) bond motifs is 5. The minimum absolute atomic E-state index is 0. The fraction of sp³-hybridized carbons (Fsp3) is 0.415. The van der Waals surface area contributed by atoms with Crippen LogP contribution in [0.1, 0.15) is 119 Å². The first-order valence-electron chi connectivity index (χ1n) is 30.5. The van der Waals surface area contributed by atoms with Crippen LogP contribution in [0.4, 0.5) is 0 Å². The van der Waals surface area contributed by atoms with Gasteiger partial charge in [-0.25, -0.2) is 14.6 Å². The van der Waals surface area contributed by atoms with E-state index in [1.165, 1.54) is 4.57 Å². The number of esters is 2. The van der Waals surface area contributed by atoms with Gasteiger partial charge in [0.25, 0.3) is 5.56 Å². The lowest BCUT2D eigenvalue weighted by Crippen LogP contribution is -2.58. The molecule has 1 fully saturated rings. The molecule has 5 aromatic rings. The SMILES string of the molecule is CC[C@@]1(OC(=O)[C@@H](NC(=O)CCC(=O)NCc2ccc(C[C@@H]3NC(=O)[C@H](CCCN=C(N)N)NC(=O)CNC(=O)[C@H](CC(=O)O)NC(=O)[C@@H](Cc4ccccc4)NC3=O)cc2)C(C)C)C(=O)OCc2c1cc1n(c2=O)Cc2c-1nc1ccccc1c2/C=N/OC(C)(C)C.Cl. The summed E-state index contributed by atoms with van der Waals surface area (Å²) in [5, 5.41) is 32.7. The van der Waals surface area contributed by atoms with E-state index in [1.807, 2.05) is 45.0 Å². The van der Waals surface area contributed by atoms with E-state index in [1.54, 1.807) is 87.6 Å². The monoisotopic (exact) mass is 1320 g/mol. The van der Waals surface area contributed by atoms with Crippen LogP contribution in [0.15, 0.2) is 99.9 Å². The topological polar surface area (TPSA) is 414 Å². The summed E-state index contributed by atoms with van der Waals surface area (Å²) in [6.07, 6.45) is -0.202. The maximum Gasteiger partial charge on any atom is 0.355 e. The number of para-hydroxylation sites is 1. The number of aliphatic carboxylic acids is 1. The molecule has 12 N–H and O–H groups in total. The van der Waals surface area contributed by atoms with Crippen molar-refractivity contribution in [3.05, 3.63) is 134 Å². The number of cyclic esters (lactones) is 1. The van der Waals surface area contributed by atoms with E-state index in [0.29, 0.717) is 44.7 Å². The highest BCUT2D eigenvalue weighted by Crippen LogP contribution is 2.42. The van der Waals surface area contributed by atoms with Crippen molar-refractivity contribution in [1.82, 2.24) is 46.8 Å². The summed E-state index contributed by atoms with van der Waals surface area (Å²) in [5.41, 5.74) is 12.6. The van der Waals surface area contributed by atoms with Gasteiger partial charge in [-0.3, -0.25) is 48.1 Å².